The van der Waals surface area contributed by atoms with Crippen LogP contribution in [0, 0.1) is 6.92 Å². The lowest BCUT2D eigenvalue weighted by Gasteiger charge is -2.16. The van der Waals surface area contributed by atoms with Gasteiger partial charge < -0.3 is 9.84 Å². The molecule has 5 nitrogen and oxygen atoms in total. The number of aliphatic hydroxyl groups excluding tert-OH is 1. The van der Waals surface area contributed by atoms with Crippen LogP contribution in [0.25, 0.3) is 0 Å². The fraction of sp³-hybridized carbons (Fsp3) is 0.391. The van der Waals surface area contributed by atoms with Crippen LogP contribution in [0.1, 0.15) is 37.3 Å². The molecule has 2 aromatic carbocycles. The van der Waals surface area contributed by atoms with Crippen molar-refractivity contribution in [2.45, 2.75) is 56.8 Å². The average molecular weight is 418 g/mol. The number of hydrogen-bond donors (Lipinski definition) is 2. The van der Waals surface area contributed by atoms with E-state index in [1.54, 1.807) is 36.4 Å². The molecule has 0 bridgehead atoms. The highest BCUT2D eigenvalue weighted by Gasteiger charge is 2.18. The third kappa shape index (κ3) is 8.50. The van der Waals surface area contributed by atoms with Gasteiger partial charge in [-0.3, -0.25) is 0 Å². The number of hydrogen-bond acceptors (Lipinski definition) is 4. The topological polar surface area (TPSA) is 75.6 Å². The molecule has 0 aliphatic heterocycles. The van der Waals surface area contributed by atoms with Gasteiger partial charge in [0, 0.05) is 6.04 Å². The summed E-state index contributed by atoms with van der Waals surface area (Å²) in [6.07, 6.45) is 5.02. The molecular weight excluding hydrogens is 386 g/mol. The van der Waals surface area contributed by atoms with Crippen LogP contribution in [0.4, 0.5) is 0 Å². The summed E-state index contributed by atoms with van der Waals surface area (Å²) in [6.45, 7) is 4.54. The zero-order chi connectivity index (χ0) is 21.1. The fourth-order valence-electron chi connectivity index (χ4n) is 2.79. The van der Waals surface area contributed by atoms with E-state index >= 15 is 0 Å². The molecule has 2 atom stereocenters. The SMILES string of the molecule is CCCC[C@H](C=C[C@@H](O)COCc1ccccc1)NS(=O)(=O)c1ccc(C)cc1. The average Bonchev–Trinajstić information content (AvgIpc) is 2.71. The first-order chi connectivity index (χ1) is 13.9. The standard InChI is InChI=1S/C23H31NO4S/c1-3-4-10-21(24-29(26,27)23-15-11-19(2)12-16-23)13-14-22(25)18-28-17-20-8-6-5-7-9-20/h5-9,11-16,21-22,24-25H,3-4,10,17-18H2,1-2H3/t21-,22-/m1/s1. The summed E-state index contributed by atoms with van der Waals surface area (Å²) in [5.41, 5.74) is 2.04. The Morgan fingerprint density at radius 2 is 1.76 bits per heavy atom. The van der Waals surface area contributed by atoms with E-state index in [-0.39, 0.29) is 17.5 Å². The van der Waals surface area contributed by atoms with Crippen molar-refractivity contribution >= 4 is 10.0 Å². The van der Waals surface area contributed by atoms with Gasteiger partial charge in [-0.25, -0.2) is 13.1 Å². The van der Waals surface area contributed by atoms with Gasteiger partial charge in [0.25, 0.3) is 0 Å². The van der Waals surface area contributed by atoms with Gasteiger partial charge in [0.2, 0.25) is 10.0 Å². The Morgan fingerprint density at radius 1 is 1.07 bits per heavy atom. The molecule has 2 N–H and O–H groups in total. The molecular formula is C23H31NO4S. The van der Waals surface area contributed by atoms with E-state index in [9.17, 15) is 13.5 Å². The normalized spacial score (nSPS) is 14.2. The zero-order valence-corrected chi connectivity index (χ0v) is 17.9. The van der Waals surface area contributed by atoms with Gasteiger partial charge in [0.15, 0.2) is 0 Å². The van der Waals surface area contributed by atoms with E-state index in [0.29, 0.717) is 13.0 Å². The van der Waals surface area contributed by atoms with Crippen LogP contribution in [0.15, 0.2) is 71.6 Å². The summed E-state index contributed by atoms with van der Waals surface area (Å²) in [4.78, 5) is 0.241. The lowest BCUT2D eigenvalue weighted by Crippen LogP contribution is -2.33. The summed E-state index contributed by atoms with van der Waals surface area (Å²) >= 11 is 0. The molecule has 0 unspecified atom stereocenters. The number of rotatable bonds is 12. The summed E-state index contributed by atoms with van der Waals surface area (Å²) in [6, 6.07) is 16.1. The van der Waals surface area contributed by atoms with Crippen molar-refractivity contribution in [1.29, 1.82) is 0 Å². The van der Waals surface area contributed by atoms with Crippen molar-refractivity contribution in [2.24, 2.45) is 0 Å². The van der Waals surface area contributed by atoms with Gasteiger partial charge in [-0.1, -0.05) is 79.9 Å². The van der Waals surface area contributed by atoms with Crippen LogP contribution in [-0.4, -0.2) is 32.3 Å². The largest absolute Gasteiger partial charge is 0.387 e. The lowest BCUT2D eigenvalue weighted by atomic mass is 10.1. The highest BCUT2D eigenvalue weighted by atomic mass is 32.2. The van der Waals surface area contributed by atoms with Crippen molar-refractivity contribution in [3.8, 4) is 0 Å². The summed E-state index contributed by atoms with van der Waals surface area (Å²) in [5, 5.41) is 10.2. The van der Waals surface area contributed by atoms with Crippen LogP contribution >= 0.6 is 0 Å². The molecule has 0 heterocycles. The maximum absolute atomic E-state index is 12.7. The molecule has 0 spiro atoms. The molecule has 0 aromatic heterocycles. The number of unbranched alkanes of at least 4 members (excludes halogenated alkanes) is 1. The van der Waals surface area contributed by atoms with Crippen molar-refractivity contribution < 1.29 is 18.3 Å². The molecule has 29 heavy (non-hydrogen) atoms. The molecule has 0 fully saturated rings. The van der Waals surface area contributed by atoms with Crippen LogP contribution in [-0.2, 0) is 21.4 Å². The highest BCUT2D eigenvalue weighted by molar-refractivity contribution is 7.89. The molecule has 0 aliphatic rings. The van der Waals surface area contributed by atoms with Crippen molar-refractivity contribution in [2.75, 3.05) is 6.61 Å². The Balaban J connectivity index is 1.93. The van der Waals surface area contributed by atoms with Gasteiger partial charge in [-0.05, 0) is 31.0 Å². The summed E-state index contributed by atoms with van der Waals surface area (Å²) < 4.78 is 33.6. The minimum Gasteiger partial charge on any atom is -0.387 e. The van der Waals surface area contributed by atoms with Gasteiger partial charge in [-0.15, -0.1) is 0 Å². The van der Waals surface area contributed by atoms with E-state index in [1.807, 2.05) is 37.3 Å². The van der Waals surface area contributed by atoms with Crippen molar-refractivity contribution in [3.63, 3.8) is 0 Å². The van der Waals surface area contributed by atoms with Gasteiger partial charge in [0.05, 0.1) is 24.2 Å². The number of benzene rings is 2. The second-order valence-electron chi connectivity index (χ2n) is 7.14. The van der Waals surface area contributed by atoms with Crippen LogP contribution in [0.5, 0.6) is 0 Å². The molecule has 0 amide bonds. The molecule has 0 aliphatic carbocycles. The Hall–Kier alpha value is -1.99. The second kappa shape index (κ2) is 11.9. The predicted octanol–water partition coefficient (Wildman–Crippen LogP) is 3.97. The number of sulfonamides is 1. The van der Waals surface area contributed by atoms with E-state index in [2.05, 4.69) is 11.6 Å². The predicted molar refractivity (Wildman–Crippen MR) is 116 cm³/mol. The van der Waals surface area contributed by atoms with Gasteiger partial charge >= 0.3 is 0 Å². The van der Waals surface area contributed by atoms with E-state index in [0.717, 1.165) is 24.0 Å². The molecule has 2 aromatic rings. The number of ether oxygens (including phenoxy) is 1. The Bertz CT molecular complexity index is 848. The van der Waals surface area contributed by atoms with Gasteiger partial charge in [-0.2, -0.15) is 0 Å². The molecule has 0 saturated carbocycles. The quantitative estimate of drug-likeness (QED) is 0.513. The maximum Gasteiger partial charge on any atom is 0.241 e. The fourth-order valence-corrected chi connectivity index (χ4v) is 4.02. The zero-order valence-electron chi connectivity index (χ0n) is 17.1. The van der Waals surface area contributed by atoms with Crippen LogP contribution < -0.4 is 4.72 Å². The van der Waals surface area contributed by atoms with Crippen molar-refractivity contribution in [1.82, 2.24) is 4.72 Å². The monoisotopic (exact) mass is 417 g/mol. The van der Waals surface area contributed by atoms with Crippen molar-refractivity contribution in [3.05, 3.63) is 77.9 Å². The van der Waals surface area contributed by atoms with Gasteiger partial charge in [0.1, 0.15) is 0 Å². The maximum atomic E-state index is 12.7. The Labute approximate surface area is 174 Å². The molecule has 6 heteroatoms. The minimum absolute atomic E-state index is 0.149. The second-order valence-corrected chi connectivity index (χ2v) is 8.85. The van der Waals surface area contributed by atoms with E-state index in [1.165, 1.54) is 0 Å². The third-order valence-electron chi connectivity index (χ3n) is 4.47. The third-order valence-corrected chi connectivity index (χ3v) is 5.98. The van der Waals surface area contributed by atoms with Crippen LogP contribution in [0.2, 0.25) is 0 Å². The lowest BCUT2D eigenvalue weighted by molar-refractivity contribution is 0.0502. The van der Waals surface area contributed by atoms with Crippen LogP contribution in [0.3, 0.4) is 0 Å². The number of aliphatic hydroxyl groups is 1. The molecule has 158 valence electrons. The molecule has 0 radical (unpaired) electrons. The first-order valence-corrected chi connectivity index (χ1v) is 11.5. The number of aryl methyl sites for hydroxylation is 1. The van der Waals surface area contributed by atoms with E-state index < -0.39 is 16.1 Å². The summed E-state index contributed by atoms with van der Waals surface area (Å²) in [7, 11) is -3.62. The first kappa shape index (κ1) is 23.3. The Morgan fingerprint density at radius 3 is 2.41 bits per heavy atom. The van der Waals surface area contributed by atoms with E-state index in [4.69, 9.17) is 4.74 Å². The Kier molecular flexibility index (Phi) is 9.54. The molecule has 2 rings (SSSR count). The first-order valence-electron chi connectivity index (χ1n) is 9.98. The summed E-state index contributed by atoms with van der Waals surface area (Å²) in [5.74, 6) is 0. The molecule has 0 saturated heterocycles. The smallest absolute Gasteiger partial charge is 0.241 e. The number of nitrogens with one attached hydrogen (secondary N) is 1. The highest BCUT2D eigenvalue weighted by Crippen LogP contribution is 2.13. The minimum atomic E-state index is -3.62.